The SMILES string of the molecule is C=CC(=O)Nc1cc(Nc2nccc(-c3cn(C)c4ccccc34)n2)c(OC)cc1N(C)CCN(C)Cc1ccccc1N1CCC(=O)NC1=O. The fourth-order valence-corrected chi connectivity index (χ4v) is 6.18. The van der Waals surface area contributed by atoms with E-state index in [1.807, 2.05) is 74.6 Å². The van der Waals surface area contributed by atoms with Crippen molar-refractivity contribution in [2.24, 2.45) is 7.05 Å². The number of nitrogens with one attached hydrogen (secondary N) is 3. The highest BCUT2D eigenvalue weighted by atomic mass is 16.5. The number of methoxy groups -OCH3 is 1. The van der Waals surface area contributed by atoms with Crippen LogP contribution in [-0.4, -0.2) is 78.1 Å². The molecule has 5 aromatic rings. The van der Waals surface area contributed by atoms with Crippen LogP contribution in [0.5, 0.6) is 5.75 Å². The number of anilines is 5. The van der Waals surface area contributed by atoms with E-state index < -0.39 is 6.03 Å². The van der Waals surface area contributed by atoms with Crippen LogP contribution in [0.15, 0.2) is 91.8 Å². The fraction of sp³-hybridized carbons (Fsp3) is 0.237. The first-order valence-corrected chi connectivity index (χ1v) is 16.5. The largest absolute Gasteiger partial charge is 0.494 e. The Hall–Kier alpha value is -6.21. The maximum absolute atomic E-state index is 12.6. The number of nitrogens with zero attached hydrogens (tertiary/aromatic N) is 6. The summed E-state index contributed by atoms with van der Waals surface area (Å²) in [4.78, 5) is 51.9. The zero-order valence-electron chi connectivity index (χ0n) is 29.1. The number of rotatable bonds is 13. The molecule has 3 aromatic carbocycles. The number of ether oxygens (including phenoxy) is 1. The van der Waals surface area contributed by atoms with Crippen LogP contribution < -0.4 is 30.5 Å². The van der Waals surface area contributed by atoms with Gasteiger partial charge in [-0.3, -0.25) is 19.8 Å². The number of hydrogen-bond acceptors (Lipinski definition) is 9. The van der Waals surface area contributed by atoms with Crippen molar-refractivity contribution in [3.8, 4) is 17.0 Å². The van der Waals surface area contributed by atoms with Crippen LogP contribution in [0.1, 0.15) is 12.0 Å². The summed E-state index contributed by atoms with van der Waals surface area (Å²) < 4.78 is 7.88. The number of amides is 4. The zero-order valence-corrected chi connectivity index (χ0v) is 29.1. The molecule has 0 aliphatic carbocycles. The van der Waals surface area contributed by atoms with Crippen molar-refractivity contribution in [1.82, 2.24) is 24.8 Å². The van der Waals surface area contributed by atoms with Gasteiger partial charge in [-0.15, -0.1) is 0 Å². The van der Waals surface area contributed by atoms with E-state index in [-0.39, 0.29) is 18.2 Å². The smallest absolute Gasteiger partial charge is 0.328 e. The minimum Gasteiger partial charge on any atom is -0.494 e. The van der Waals surface area contributed by atoms with Crippen molar-refractivity contribution in [3.05, 3.63) is 97.3 Å². The highest BCUT2D eigenvalue weighted by molar-refractivity contribution is 6.06. The molecule has 262 valence electrons. The van der Waals surface area contributed by atoms with Gasteiger partial charge in [0.15, 0.2) is 0 Å². The Morgan fingerprint density at radius 3 is 2.63 bits per heavy atom. The van der Waals surface area contributed by atoms with Gasteiger partial charge in [-0.25, -0.2) is 14.8 Å². The molecule has 51 heavy (non-hydrogen) atoms. The minimum atomic E-state index is -0.411. The molecule has 3 N–H and O–H groups in total. The van der Waals surface area contributed by atoms with Gasteiger partial charge < -0.3 is 29.7 Å². The summed E-state index contributed by atoms with van der Waals surface area (Å²) in [6.45, 7) is 5.79. The molecule has 2 aromatic heterocycles. The summed E-state index contributed by atoms with van der Waals surface area (Å²) in [5, 5.41) is 9.72. The van der Waals surface area contributed by atoms with Crippen LogP contribution in [0.4, 0.5) is 33.5 Å². The van der Waals surface area contributed by atoms with E-state index in [0.29, 0.717) is 49.3 Å². The van der Waals surface area contributed by atoms with Crippen LogP contribution >= 0.6 is 0 Å². The molecule has 1 aliphatic rings. The van der Waals surface area contributed by atoms with Crippen LogP contribution in [0.3, 0.4) is 0 Å². The predicted molar refractivity (Wildman–Crippen MR) is 201 cm³/mol. The minimum absolute atomic E-state index is 0.258. The van der Waals surface area contributed by atoms with E-state index in [2.05, 4.69) is 55.3 Å². The van der Waals surface area contributed by atoms with E-state index in [4.69, 9.17) is 9.72 Å². The maximum Gasteiger partial charge on any atom is 0.328 e. The number of aryl methyl sites for hydroxylation is 1. The van der Waals surface area contributed by atoms with Gasteiger partial charge >= 0.3 is 6.03 Å². The Morgan fingerprint density at radius 2 is 1.84 bits per heavy atom. The highest BCUT2D eigenvalue weighted by Crippen LogP contribution is 2.38. The number of aromatic nitrogens is 3. The van der Waals surface area contributed by atoms with Gasteiger partial charge in [0.25, 0.3) is 0 Å². The first-order chi connectivity index (χ1) is 24.6. The number of carbonyl (C=O) groups excluding carboxylic acids is 3. The lowest BCUT2D eigenvalue weighted by Gasteiger charge is -2.30. The molecular weight excluding hydrogens is 646 g/mol. The number of imide groups is 1. The zero-order chi connectivity index (χ0) is 36.1. The van der Waals surface area contributed by atoms with Gasteiger partial charge in [0.05, 0.1) is 29.9 Å². The second kappa shape index (κ2) is 15.1. The van der Waals surface area contributed by atoms with Gasteiger partial charge in [0.1, 0.15) is 5.75 Å². The quantitative estimate of drug-likeness (QED) is 0.137. The summed E-state index contributed by atoms with van der Waals surface area (Å²) in [5.74, 6) is 0.286. The number of carbonyl (C=O) groups is 3. The molecule has 1 fully saturated rings. The van der Waals surface area contributed by atoms with E-state index in [9.17, 15) is 14.4 Å². The third-order valence-electron chi connectivity index (χ3n) is 8.84. The van der Waals surface area contributed by atoms with E-state index in [1.165, 1.54) is 6.08 Å². The number of hydrogen-bond donors (Lipinski definition) is 3. The molecule has 0 spiro atoms. The number of fused-ring (bicyclic) bond motifs is 1. The van der Waals surface area contributed by atoms with Gasteiger partial charge in [-0.1, -0.05) is 43.0 Å². The molecule has 6 rings (SSSR count). The first-order valence-electron chi connectivity index (χ1n) is 16.5. The second-order valence-corrected chi connectivity index (χ2v) is 12.4. The number of benzene rings is 3. The topological polar surface area (TPSA) is 137 Å². The van der Waals surface area contributed by atoms with Crippen molar-refractivity contribution >= 4 is 57.4 Å². The van der Waals surface area contributed by atoms with Gasteiger partial charge in [0.2, 0.25) is 17.8 Å². The fourth-order valence-electron chi connectivity index (χ4n) is 6.18. The average molecular weight is 688 g/mol. The van der Waals surface area contributed by atoms with Crippen molar-refractivity contribution in [2.45, 2.75) is 13.0 Å². The van der Waals surface area contributed by atoms with Gasteiger partial charge in [0, 0.05) is 87.3 Å². The summed E-state index contributed by atoms with van der Waals surface area (Å²) in [6, 6.07) is 21.0. The van der Waals surface area contributed by atoms with E-state index in [1.54, 1.807) is 24.3 Å². The normalized spacial score (nSPS) is 12.9. The Morgan fingerprint density at radius 1 is 1.06 bits per heavy atom. The second-order valence-electron chi connectivity index (χ2n) is 12.4. The Labute approximate surface area is 296 Å². The first kappa shape index (κ1) is 34.6. The van der Waals surface area contributed by atoms with Gasteiger partial charge in [-0.05, 0) is 43.0 Å². The number of para-hydroxylation sites is 2. The van der Waals surface area contributed by atoms with Gasteiger partial charge in [-0.2, -0.15) is 0 Å². The Bertz CT molecular complexity index is 2110. The van der Waals surface area contributed by atoms with Crippen molar-refractivity contribution in [3.63, 3.8) is 0 Å². The lowest BCUT2D eigenvalue weighted by atomic mass is 10.1. The molecule has 13 heteroatoms. The lowest BCUT2D eigenvalue weighted by molar-refractivity contribution is -0.120. The third kappa shape index (κ3) is 7.68. The van der Waals surface area contributed by atoms with Crippen LogP contribution in [0, 0.1) is 0 Å². The standard InChI is InChI=1S/C38H41N9O4/c1-6-35(48)40-29-21-30(42-37-39-17-15-28(41-37)27-24-46(4)32-14-10-8-12-26(27)32)34(51-5)22-33(29)45(3)20-19-44(2)23-25-11-7-9-13-31(25)47-18-16-36(49)43-38(47)50/h6-15,17,21-22,24H,1,16,18-20,23H2,2-5H3,(H,40,48)(H,39,41,42)(H,43,49,50). The molecule has 1 saturated heterocycles. The molecule has 4 amide bonds. The summed E-state index contributed by atoms with van der Waals surface area (Å²) in [7, 11) is 7.54. The lowest BCUT2D eigenvalue weighted by Crippen LogP contribution is -2.50. The van der Waals surface area contributed by atoms with Crippen molar-refractivity contribution in [2.75, 3.05) is 61.3 Å². The van der Waals surface area contributed by atoms with Crippen LogP contribution in [0.2, 0.25) is 0 Å². The average Bonchev–Trinajstić information content (AvgIpc) is 3.47. The molecule has 0 saturated carbocycles. The van der Waals surface area contributed by atoms with Crippen LogP contribution in [-0.2, 0) is 23.2 Å². The van der Waals surface area contributed by atoms with E-state index in [0.717, 1.165) is 39.1 Å². The monoisotopic (exact) mass is 687 g/mol. The van der Waals surface area contributed by atoms with Crippen LogP contribution in [0.25, 0.3) is 22.2 Å². The molecule has 1 aliphatic heterocycles. The Balaban J connectivity index is 1.20. The molecule has 0 bridgehead atoms. The summed E-state index contributed by atoms with van der Waals surface area (Å²) in [5.41, 5.74) is 6.46. The number of urea groups is 1. The molecule has 13 nitrogen and oxygen atoms in total. The molecule has 3 heterocycles. The number of likely N-dealkylation sites (N-methyl/N-ethyl adjacent to an activating group) is 2. The molecule has 0 radical (unpaired) electrons. The molecule has 0 atom stereocenters. The van der Waals surface area contributed by atoms with Crippen molar-refractivity contribution in [1.29, 1.82) is 0 Å². The molecule has 0 unspecified atom stereocenters. The highest BCUT2D eigenvalue weighted by Gasteiger charge is 2.26. The third-order valence-corrected chi connectivity index (χ3v) is 8.84. The summed E-state index contributed by atoms with van der Waals surface area (Å²) >= 11 is 0. The predicted octanol–water partition coefficient (Wildman–Crippen LogP) is 5.53. The van der Waals surface area contributed by atoms with Crippen molar-refractivity contribution < 1.29 is 19.1 Å². The summed E-state index contributed by atoms with van der Waals surface area (Å²) in [6.07, 6.45) is 5.24. The van der Waals surface area contributed by atoms with E-state index >= 15 is 0 Å². The Kier molecular flexibility index (Phi) is 10.3. The molecular formula is C38H41N9O4. The maximum atomic E-state index is 12.6.